The van der Waals surface area contributed by atoms with Gasteiger partial charge >= 0.3 is 5.69 Å². The topological polar surface area (TPSA) is 104 Å². The van der Waals surface area contributed by atoms with Gasteiger partial charge in [-0.1, -0.05) is 6.07 Å². The van der Waals surface area contributed by atoms with E-state index in [1.54, 1.807) is 12.1 Å². The second kappa shape index (κ2) is 5.72. The lowest BCUT2D eigenvalue weighted by Gasteiger charge is -2.15. The molecule has 126 valence electrons. The first-order valence-corrected chi connectivity index (χ1v) is 8.68. The number of anilines is 1. The number of H-pyrrole nitrogens is 2. The maximum absolute atomic E-state index is 12.7. The number of benzene rings is 2. The fraction of sp³-hybridized carbons (Fsp3) is 0.188. The predicted octanol–water partition coefficient (Wildman–Crippen LogP) is 2.28. The largest absolute Gasteiger partial charge is 0.494 e. The van der Waals surface area contributed by atoms with Crippen LogP contribution in [0.3, 0.4) is 0 Å². The van der Waals surface area contributed by atoms with E-state index in [-0.39, 0.29) is 10.6 Å². The first kappa shape index (κ1) is 16.1. The number of aryl methyl sites for hydroxylation is 2. The van der Waals surface area contributed by atoms with E-state index in [1.165, 1.54) is 19.2 Å². The van der Waals surface area contributed by atoms with Crippen molar-refractivity contribution in [2.24, 2.45) is 0 Å². The van der Waals surface area contributed by atoms with Crippen molar-refractivity contribution < 1.29 is 13.2 Å². The summed E-state index contributed by atoms with van der Waals surface area (Å²) in [5.41, 5.74) is 2.70. The molecule has 0 bridgehead atoms. The van der Waals surface area contributed by atoms with Gasteiger partial charge < -0.3 is 14.7 Å². The van der Waals surface area contributed by atoms with E-state index in [0.717, 1.165) is 11.1 Å². The molecular weight excluding hydrogens is 330 g/mol. The Labute approximate surface area is 138 Å². The highest BCUT2D eigenvalue weighted by Gasteiger charge is 2.18. The molecule has 0 unspecified atom stereocenters. The highest BCUT2D eigenvalue weighted by molar-refractivity contribution is 7.92. The second-order valence-corrected chi connectivity index (χ2v) is 7.24. The van der Waals surface area contributed by atoms with Crippen LogP contribution in [-0.2, 0) is 10.0 Å². The SMILES string of the molecule is COc1c(C)cc(C)cc1NS(=O)(=O)c1ccc2[nH]c(=O)[nH]c2c1. The first-order chi connectivity index (χ1) is 11.3. The summed E-state index contributed by atoms with van der Waals surface area (Å²) in [5.74, 6) is 0.473. The number of fused-ring (bicyclic) bond motifs is 1. The molecule has 3 N–H and O–H groups in total. The number of methoxy groups -OCH3 is 1. The summed E-state index contributed by atoms with van der Waals surface area (Å²) in [6, 6.07) is 8.00. The van der Waals surface area contributed by atoms with Gasteiger partial charge in [0.15, 0.2) is 0 Å². The molecule has 1 aromatic heterocycles. The number of aromatic amines is 2. The van der Waals surface area contributed by atoms with Gasteiger partial charge in [0, 0.05) is 0 Å². The fourth-order valence-corrected chi connectivity index (χ4v) is 3.76. The van der Waals surface area contributed by atoms with Crippen LogP contribution < -0.4 is 15.1 Å². The number of sulfonamides is 1. The minimum Gasteiger partial charge on any atom is -0.494 e. The Morgan fingerprint density at radius 1 is 1.04 bits per heavy atom. The van der Waals surface area contributed by atoms with Gasteiger partial charge in [-0.25, -0.2) is 13.2 Å². The van der Waals surface area contributed by atoms with Crippen LogP contribution in [-0.4, -0.2) is 25.5 Å². The minimum atomic E-state index is -3.83. The third-order valence-electron chi connectivity index (χ3n) is 3.67. The lowest BCUT2D eigenvalue weighted by Crippen LogP contribution is -2.14. The second-order valence-electron chi connectivity index (χ2n) is 5.55. The highest BCUT2D eigenvalue weighted by atomic mass is 32.2. The number of rotatable bonds is 4. The molecule has 8 heteroatoms. The molecule has 0 aliphatic rings. The normalized spacial score (nSPS) is 11.6. The molecule has 0 aliphatic heterocycles. The van der Waals surface area contributed by atoms with Gasteiger partial charge in [-0.3, -0.25) is 4.72 Å². The van der Waals surface area contributed by atoms with Crippen molar-refractivity contribution in [1.29, 1.82) is 0 Å². The third-order valence-corrected chi connectivity index (χ3v) is 5.03. The molecule has 24 heavy (non-hydrogen) atoms. The zero-order chi connectivity index (χ0) is 17.5. The lowest BCUT2D eigenvalue weighted by atomic mass is 10.1. The molecule has 1 heterocycles. The summed E-state index contributed by atoms with van der Waals surface area (Å²) in [5, 5.41) is 0. The van der Waals surface area contributed by atoms with E-state index >= 15 is 0 Å². The van der Waals surface area contributed by atoms with Gasteiger partial charge in [-0.05, 0) is 49.2 Å². The minimum absolute atomic E-state index is 0.0477. The number of imidazole rings is 1. The molecule has 0 saturated heterocycles. The summed E-state index contributed by atoms with van der Waals surface area (Å²) in [4.78, 5) is 16.5. The molecule has 0 radical (unpaired) electrons. The molecule has 0 saturated carbocycles. The number of ether oxygens (including phenoxy) is 1. The average Bonchev–Trinajstić information content (AvgIpc) is 2.85. The molecule has 3 aromatic rings. The molecule has 0 atom stereocenters. The zero-order valence-electron chi connectivity index (χ0n) is 13.4. The van der Waals surface area contributed by atoms with Gasteiger partial charge in [0.05, 0.1) is 28.7 Å². The fourth-order valence-electron chi connectivity index (χ4n) is 2.68. The average molecular weight is 347 g/mol. The maximum atomic E-state index is 12.7. The van der Waals surface area contributed by atoms with Crippen molar-refractivity contribution >= 4 is 26.7 Å². The van der Waals surface area contributed by atoms with Crippen molar-refractivity contribution in [2.45, 2.75) is 18.7 Å². The van der Waals surface area contributed by atoms with E-state index in [4.69, 9.17) is 4.74 Å². The smallest absolute Gasteiger partial charge is 0.323 e. The molecule has 0 fully saturated rings. The van der Waals surface area contributed by atoms with E-state index < -0.39 is 10.0 Å². The van der Waals surface area contributed by atoms with Crippen LogP contribution in [0.5, 0.6) is 5.75 Å². The van der Waals surface area contributed by atoms with Crippen LogP contribution in [0.15, 0.2) is 40.0 Å². The Balaban J connectivity index is 2.06. The van der Waals surface area contributed by atoms with Gasteiger partial charge in [0.2, 0.25) is 0 Å². The number of hydrogen-bond acceptors (Lipinski definition) is 4. The number of aromatic nitrogens is 2. The van der Waals surface area contributed by atoms with Crippen LogP contribution in [0.25, 0.3) is 11.0 Å². The van der Waals surface area contributed by atoms with Crippen LogP contribution in [0, 0.1) is 13.8 Å². The third kappa shape index (κ3) is 2.88. The van der Waals surface area contributed by atoms with Gasteiger partial charge in [0.25, 0.3) is 10.0 Å². The summed E-state index contributed by atoms with van der Waals surface area (Å²) in [7, 11) is -2.34. The van der Waals surface area contributed by atoms with E-state index in [0.29, 0.717) is 22.5 Å². The Kier molecular flexibility index (Phi) is 3.84. The summed E-state index contributed by atoms with van der Waals surface area (Å²) in [6.07, 6.45) is 0. The molecule has 0 aliphatic carbocycles. The highest BCUT2D eigenvalue weighted by Crippen LogP contribution is 2.31. The Bertz CT molecular complexity index is 1080. The summed E-state index contributed by atoms with van der Waals surface area (Å²) >= 11 is 0. The lowest BCUT2D eigenvalue weighted by molar-refractivity contribution is 0.413. The maximum Gasteiger partial charge on any atom is 0.323 e. The zero-order valence-corrected chi connectivity index (χ0v) is 14.2. The molecule has 7 nitrogen and oxygen atoms in total. The summed E-state index contributed by atoms with van der Waals surface area (Å²) < 4.78 is 33.2. The Morgan fingerprint density at radius 3 is 2.46 bits per heavy atom. The van der Waals surface area contributed by atoms with Crippen LogP contribution in [0.4, 0.5) is 5.69 Å². The predicted molar refractivity (Wildman–Crippen MR) is 92.2 cm³/mol. The van der Waals surface area contributed by atoms with Crippen LogP contribution in [0.1, 0.15) is 11.1 Å². The Hall–Kier alpha value is -2.74. The monoisotopic (exact) mass is 347 g/mol. The van der Waals surface area contributed by atoms with Crippen molar-refractivity contribution in [1.82, 2.24) is 9.97 Å². The molecule has 2 aromatic carbocycles. The van der Waals surface area contributed by atoms with Gasteiger partial charge in [0.1, 0.15) is 5.75 Å². The molecular formula is C16H17N3O4S. The van der Waals surface area contributed by atoms with E-state index in [2.05, 4.69) is 14.7 Å². The van der Waals surface area contributed by atoms with Crippen LogP contribution in [0.2, 0.25) is 0 Å². The van der Waals surface area contributed by atoms with Crippen molar-refractivity contribution in [2.75, 3.05) is 11.8 Å². The summed E-state index contributed by atoms with van der Waals surface area (Å²) in [6.45, 7) is 3.72. The Morgan fingerprint density at radius 2 is 1.75 bits per heavy atom. The van der Waals surface area contributed by atoms with Crippen molar-refractivity contribution in [3.63, 3.8) is 0 Å². The number of hydrogen-bond donors (Lipinski definition) is 3. The van der Waals surface area contributed by atoms with Crippen molar-refractivity contribution in [3.8, 4) is 5.75 Å². The molecule has 0 amide bonds. The standard InChI is InChI=1S/C16H17N3O4S/c1-9-6-10(2)15(23-3)14(7-9)19-24(21,22)11-4-5-12-13(8-11)18-16(20)17-12/h4-8,19H,1-3H3,(H2,17,18,20). The van der Waals surface area contributed by atoms with Crippen LogP contribution >= 0.6 is 0 Å². The molecule has 0 spiro atoms. The number of nitrogens with one attached hydrogen (secondary N) is 3. The van der Waals surface area contributed by atoms with E-state index in [1.807, 2.05) is 19.9 Å². The quantitative estimate of drug-likeness (QED) is 0.673. The van der Waals surface area contributed by atoms with Crippen molar-refractivity contribution in [3.05, 3.63) is 51.9 Å². The first-order valence-electron chi connectivity index (χ1n) is 7.20. The van der Waals surface area contributed by atoms with E-state index in [9.17, 15) is 13.2 Å². The van der Waals surface area contributed by atoms with Gasteiger partial charge in [-0.15, -0.1) is 0 Å². The van der Waals surface area contributed by atoms with Gasteiger partial charge in [-0.2, -0.15) is 0 Å². The molecule has 3 rings (SSSR count).